The Morgan fingerprint density at radius 1 is 1.28 bits per heavy atom. The Bertz CT molecular complexity index is 311. The Kier molecular flexibility index (Phi) is 3.85. The molecule has 0 aliphatic carbocycles. The van der Waals surface area contributed by atoms with Crippen molar-refractivity contribution in [3.05, 3.63) is 0 Å². The first-order chi connectivity index (χ1) is 8.42. The van der Waals surface area contributed by atoms with Crippen LogP contribution in [0.25, 0.3) is 0 Å². The molecule has 0 aromatic heterocycles. The summed E-state index contributed by atoms with van der Waals surface area (Å²) in [5.41, 5.74) is 5.43. The van der Waals surface area contributed by atoms with Gasteiger partial charge in [0.25, 0.3) is 0 Å². The monoisotopic (exact) mass is 254 g/mol. The van der Waals surface area contributed by atoms with Gasteiger partial charge in [-0.3, -0.25) is 0 Å². The zero-order chi connectivity index (χ0) is 13.3. The number of piperidine rings is 2. The third kappa shape index (κ3) is 2.79. The van der Waals surface area contributed by atoms with Crippen molar-refractivity contribution >= 4 is 6.09 Å². The number of carbonyl (C=O) groups excluding carboxylic acids is 1. The summed E-state index contributed by atoms with van der Waals surface area (Å²) in [6.07, 6.45) is 5.51. The molecular weight excluding hydrogens is 228 g/mol. The summed E-state index contributed by atoms with van der Waals surface area (Å²) in [6, 6.07) is 0.679. The van der Waals surface area contributed by atoms with Crippen molar-refractivity contribution in [1.29, 1.82) is 0 Å². The van der Waals surface area contributed by atoms with E-state index in [1.54, 1.807) is 0 Å². The van der Waals surface area contributed by atoms with Crippen molar-refractivity contribution < 1.29 is 9.53 Å². The molecule has 2 bridgehead atoms. The van der Waals surface area contributed by atoms with E-state index in [1.165, 1.54) is 6.42 Å². The van der Waals surface area contributed by atoms with Crippen LogP contribution < -0.4 is 5.73 Å². The van der Waals surface area contributed by atoms with E-state index in [4.69, 9.17) is 10.5 Å². The third-order valence-corrected chi connectivity index (χ3v) is 4.11. The molecular formula is C14H26N2O2. The quantitative estimate of drug-likeness (QED) is 0.782. The number of hydrogen-bond acceptors (Lipinski definition) is 3. The summed E-state index contributed by atoms with van der Waals surface area (Å²) in [7, 11) is 0. The van der Waals surface area contributed by atoms with E-state index in [9.17, 15) is 4.79 Å². The van der Waals surface area contributed by atoms with Crippen LogP contribution in [0.15, 0.2) is 0 Å². The number of rotatable bonds is 1. The van der Waals surface area contributed by atoms with Crippen molar-refractivity contribution in [2.24, 2.45) is 11.7 Å². The van der Waals surface area contributed by atoms with Gasteiger partial charge in [-0.2, -0.15) is 0 Å². The van der Waals surface area contributed by atoms with Crippen molar-refractivity contribution in [3.63, 3.8) is 0 Å². The minimum atomic E-state index is -0.416. The van der Waals surface area contributed by atoms with Crippen LogP contribution in [0, 0.1) is 5.92 Å². The second kappa shape index (κ2) is 5.08. The topological polar surface area (TPSA) is 55.6 Å². The van der Waals surface area contributed by atoms with E-state index in [0.29, 0.717) is 24.5 Å². The fourth-order valence-corrected chi connectivity index (χ4v) is 3.33. The molecule has 3 atom stereocenters. The highest BCUT2D eigenvalue weighted by molar-refractivity contribution is 5.69. The maximum Gasteiger partial charge on any atom is 0.410 e. The molecule has 0 saturated carbocycles. The molecule has 4 nitrogen and oxygen atoms in total. The van der Waals surface area contributed by atoms with Crippen LogP contribution in [0.2, 0.25) is 0 Å². The number of fused-ring (bicyclic) bond motifs is 2. The maximum atomic E-state index is 12.4. The summed E-state index contributed by atoms with van der Waals surface area (Å²) in [5, 5.41) is 0. The Balaban J connectivity index is 2.11. The summed E-state index contributed by atoms with van der Waals surface area (Å²) in [5.74, 6) is 0.453. The highest BCUT2D eigenvalue weighted by Gasteiger charge is 2.43. The van der Waals surface area contributed by atoms with Crippen molar-refractivity contribution in [2.45, 2.75) is 70.6 Å². The first-order valence-electron chi connectivity index (χ1n) is 7.14. The summed E-state index contributed by atoms with van der Waals surface area (Å²) < 4.78 is 5.55. The largest absolute Gasteiger partial charge is 0.444 e. The lowest BCUT2D eigenvalue weighted by atomic mass is 9.78. The molecule has 1 amide bonds. The van der Waals surface area contributed by atoms with Gasteiger partial charge in [0.2, 0.25) is 0 Å². The minimum absolute atomic E-state index is 0.143. The van der Waals surface area contributed by atoms with E-state index in [1.807, 2.05) is 25.7 Å². The van der Waals surface area contributed by atoms with Crippen LogP contribution in [-0.4, -0.2) is 35.2 Å². The second-order valence-corrected chi connectivity index (χ2v) is 6.61. The summed E-state index contributed by atoms with van der Waals surface area (Å²) in [4.78, 5) is 14.3. The van der Waals surface area contributed by atoms with Gasteiger partial charge in [0.1, 0.15) is 5.60 Å². The average Bonchev–Trinajstić information content (AvgIpc) is 2.26. The van der Waals surface area contributed by atoms with Gasteiger partial charge in [-0.15, -0.1) is 0 Å². The van der Waals surface area contributed by atoms with Gasteiger partial charge in [0.05, 0.1) is 0 Å². The number of nitrogens with two attached hydrogens (primary N) is 1. The molecule has 2 aliphatic heterocycles. The zero-order valence-electron chi connectivity index (χ0n) is 11.8. The molecule has 0 spiro atoms. The molecule has 2 fully saturated rings. The first kappa shape index (κ1) is 13.7. The Labute approximate surface area is 110 Å². The lowest BCUT2D eigenvalue weighted by molar-refractivity contribution is -0.0327. The minimum Gasteiger partial charge on any atom is -0.444 e. The van der Waals surface area contributed by atoms with Crippen molar-refractivity contribution in [2.75, 3.05) is 6.54 Å². The molecule has 3 unspecified atom stereocenters. The van der Waals surface area contributed by atoms with Gasteiger partial charge in [-0.05, 0) is 65.3 Å². The normalized spacial score (nSPS) is 32.2. The van der Waals surface area contributed by atoms with E-state index in [2.05, 4.69) is 0 Å². The van der Waals surface area contributed by atoms with Gasteiger partial charge in [-0.25, -0.2) is 4.79 Å². The molecule has 2 rings (SSSR count). The fraction of sp³-hybridized carbons (Fsp3) is 0.929. The van der Waals surface area contributed by atoms with Gasteiger partial charge in [-0.1, -0.05) is 0 Å². The molecule has 0 aromatic rings. The standard InChI is InChI=1S/C14H26N2O2/c1-14(2,3)18-13(17)16-11-5-4-6-12(16)10(9-15)7-8-11/h10-12H,4-9,15H2,1-3H3. The first-order valence-corrected chi connectivity index (χ1v) is 7.14. The number of carbonyl (C=O) groups is 1. The van der Waals surface area contributed by atoms with Crippen LogP contribution in [0.1, 0.15) is 52.9 Å². The molecule has 2 aliphatic rings. The predicted molar refractivity (Wildman–Crippen MR) is 71.3 cm³/mol. The predicted octanol–water partition coefficient (Wildman–Crippen LogP) is 2.51. The molecule has 18 heavy (non-hydrogen) atoms. The Hall–Kier alpha value is -0.770. The Morgan fingerprint density at radius 3 is 2.61 bits per heavy atom. The molecule has 2 saturated heterocycles. The van der Waals surface area contributed by atoms with E-state index in [-0.39, 0.29) is 6.09 Å². The zero-order valence-corrected chi connectivity index (χ0v) is 11.8. The van der Waals surface area contributed by atoms with E-state index >= 15 is 0 Å². The second-order valence-electron chi connectivity index (χ2n) is 6.61. The smallest absolute Gasteiger partial charge is 0.410 e. The van der Waals surface area contributed by atoms with Gasteiger partial charge < -0.3 is 15.4 Å². The highest BCUT2D eigenvalue weighted by Crippen LogP contribution is 2.37. The Morgan fingerprint density at radius 2 is 2.00 bits per heavy atom. The SMILES string of the molecule is CC(C)(C)OC(=O)N1C2CCCC1C(CN)CC2. The summed E-state index contributed by atoms with van der Waals surface area (Å²) in [6.45, 7) is 6.44. The van der Waals surface area contributed by atoms with Crippen molar-refractivity contribution in [3.8, 4) is 0 Å². The van der Waals surface area contributed by atoms with Crippen molar-refractivity contribution in [1.82, 2.24) is 4.90 Å². The van der Waals surface area contributed by atoms with E-state index in [0.717, 1.165) is 25.7 Å². The maximum absolute atomic E-state index is 12.4. The molecule has 104 valence electrons. The number of ether oxygens (including phenoxy) is 1. The van der Waals surface area contributed by atoms with Crippen LogP contribution in [-0.2, 0) is 4.74 Å². The van der Waals surface area contributed by atoms with Gasteiger partial charge in [0.15, 0.2) is 0 Å². The molecule has 4 heteroatoms. The molecule has 2 N–H and O–H groups in total. The third-order valence-electron chi connectivity index (χ3n) is 4.11. The highest BCUT2D eigenvalue weighted by atomic mass is 16.6. The molecule has 2 heterocycles. The van der Waals surface area contributed by atoms with Gasteiger partial charge in [0, 0.05) is 12.1 Å². The molecule has 0 aromatic carbocycles. The lowest BCUT2D eigenvalue weighted by Crippen LogP contribution is -2.58. The average molecular weight is 254 g/mol. The number of amides is 1. The fourth-order valence-electron chi connectivity index (χ4n) is 3.33. The van der Waals surface area contributed by atoms with Crippen LogP contribution in [0.5, 0.6) is 0 Å². The lowest BCUT2D eigenvalue weighted by Gasteiger charge is -2.49. The van der Waals surface area contributed by atoms with Crippen LogP contribution >= 0.6 is 0 Å². The summed E-state index contributed by atoms with van der Waals surface area (Å²) >= 11 is 0. The van der Waals surface area contributed by atoms with Gasteiger partial charge >= 0.3 is 6.09 Å². The molecule has 0 radical (unpaired) electrons. The van der Waals surface area contributed by atoms with Crippen LogP contribution in [0.3, 0.4) is 0 Å². The number of nitrogens with zero attached hydrogens (tertiary/aromatic N) is 1. The number of hydrogen-bond donors (Lipinski definition) is 1. The van der Waals surface area contributed by atoms with Crippen LogP contribution in [0.4, 0.5) is 4.79 Å². The van der Waals surface area contributed by atoms with E-state index < -0.39 is 5.60 Å².